The molecule has 3 nitrogen and oxygen atoms in total. The topological polar surface area (TPSA) is 48.6 Å². The van der Waals surface area contributed by atoms with Gasteiger partial charge in [0.1, 0.15) is 5.75 Å². The summed E-state index contributed by atoms with van der Waals surface area (Å²) in [6, 6.07) is 45.3. The van der Waals surface area contributed by atoms with E-state index in [0.717, 1.165) is 43.6 Å². The van der Waals surface area contributed by atoms with Gasteiger partial charge in [0.25, 0.3) is 0 Å². The summed E-state index contributed by atoms with van der Waals surface area (Å²) in [6.45, 7) is 0. The zero-order chi connectivity index (χ0) is 27.8. The fraction of sp³-hybridized carbons (Fsp3) is 0.0526. The van der Waals surface area contributed by atoms with Gasteiger partial charge in [-0.3, -0.25) is 4.79 Å². The highest BCUT2D eigenvalue weighted by Crippen LogP contribution is 2.41. The molecule has 1 atom stereocenters. The molecule has 1 heterocycles. The number of benzene rings is 6. The summed E-state index contributed by atoms with van der Waals surface area (Å²) in [5.41, 5.74) is 3.92. The van der Waals surface area contributed by atoms with Gasteiger partial charge >= 0.3 is 11.3 Å². The Kier molecular flexibility index (Phi) is 6.25. The van der Waals surface area contributed by atoms with E-state index in [-0.39, 0.29) is 11.5 Å². The van der Waals surface area contributed by atoms with Gasteiger partial charge in [0, 0.05) is 23.3 Å². The summed E-state index contributed by atoms with van der Waals surface area (Å²) in [5.74, 6) is 0.294. The molecule has 0 aliphatic rings. The molecule has 0 saturated carbocycles. The number of aromatic hydroxyl groups is 1. The molecule has 0 aliphatic carbocycles. The highest BCUT2D eigenvalue weighted by molar-refractivity contribution is 6.11. The Morgan fingerprint density at radius 1 is 0.659 bits per heavy atom. The maximum Gasteiger partial charge on any atom is 0.361 e. The third kappa shape index (κ3) is 4.52. The highest BCUT2D eigenvalue weighted by atomic mass is 16.3. The van der Waals surface area contributed by atoms with Gasteiger partial charge in [0.15, 0.2) is 5.78 Å². The number of hydrogen-bond acceptors (Lipinski definition) is 2. The van der Waals surface area contributed by atoms with Gasteiger partial charge < -0.3 is 5.11 Å². The summed E-state index contributed by atoms with van der Waals surface area (Å²) in [5, 5.41) is 16.1. The first kappa shape index (κ1) is 24.7. The lowest BCUT2D eigenvalue weighted by molar-refractivity contribution is 0.0959. The predicted octanol–water partition coefficient (Wildman–Crippen LogP) is 9.60. The van der Waals surface area contributed by atoms with Crippen molar-refractivity contribution in [2.45, 2.75) is 12.3 Å². The minimum absolute atomic E-state index is 0.00243. The monoisotopic (exact) mass is 531 g/mol. The third-order valence-corrected chi connectivity index (χ3v) is 7.92. The van der Waals surface area contributed by atoms with Gasteiger partial charge in [0.05, 0.1) is 16.9 Å². The molecule has 196 valence electrons. The van der Waals surface area contributed by atoms with E-state index in [9.17, 15) is 9.90 Å². The number of carbonyl (C=O) groups excluding carboxylic acids is 1. The van der Waals surface area contributed by atoms with Crippen molar-refractivity contribution in [3.8, 4) is 17.1 Å². The minimum Gasteiger partial charge on any atom is -0.508 e. The van der Waals surface area contributed by atoms with Crippen molar-refractivity contribution >= 4 is 38.3 Å². The molecule has 0 bridgehead atoms. The smallest absolute Gasteiger partial charge is 0.361 e. The van der Waals surface area contributed by atoms with Crippen molar-refractivity contribution < 1.29 is 14.3 Å². The van der Waals surface area contributed by atoms with Crippen molar-refractivity contribution in [1.82, 2.24) is 0 Å². The van der Waals surface area contributed by atoms with Crippen LogP contribution in [0.2, 0.25) is 0 Å². The first-order chi connectivity index (χ1) is 20.2. The third-order valence-electron chi connectivity index (χ3n) is 7.92. The second kappa shape index (κ2) is 10.4. The standard InChI is InChI=1S/C38H26O3/c39-34-21-19-25-11-7-9-17-29(25)31(34)23-33(38(40)28-15-5-2-6-16-28)32-24-36(27-13-3-1-4-14-27)41-35-22-20-26-12-8-10-18-30(26)37(32)35/h1-22,24,33H,23H2/p+1. The van der Waals surface area contributed by atoms with Crippen LogP contribution in [-0.4, -0.2) is 10.9 Å². The average molecular weight is 532 g/mol. The Morgan fingerprint density at radius 2 is 1.27 bits per heavy atom. The summed E-state index contributed by atoms with van der Waals surface area (Å²) in [4.78, 5) is 14.5. The SMILES string of the molecule is O=C(c1ccccc1)C(Cc1c(O)ccc2ccccc12)c1cc(-c2ccccc2)[o+]c2ccc3ccccc3c12. The Hall–Kier alpha value is -5.28. The van der Waals surface area contributed by atoms with E-state index >= 15 is 0 Å². The number of ketones is 1. The number of hydrogen-bond donors (Lipinski definition) is 1. The molecule has 6 aromatic carbocycles. The molecule has 0 amide bonds. The molecule has 0 spiro atoms. The molecule has 1 unspecified atom stereocenters. The van der Waals surface area contributed by atoms with Gasteiger partial charge in [-0.15, -0.1) is 0 Å². The Labute approximate surface area is 238 Å². The zero-order valence-corrected chi connectivity index (χ0v) is 22.3. The first-order valence-corrected chi connectivity index (χ1v) is 13.8. The minimum atomic E-state index is -0.582. The van der Waals surface area contributed by atoms with Gasteiger partial charge in [-0.2, -0.15) is 0 Å². The molecule has 3 heteroatoms. The maximum atomic E-state index is 14.5. The summed E-state index contributed by atoms with van der Waals surface area (Å²) in [6.07, 6.45) is 0.331. The fourth-order valence-electron chi connectivity index (χ4n) is 5.91. The summed E-state index contributed by atoms with van der Waals surface area (Å²) in [7, 11) is 0. The molecule has 41 heavy (non-hydrogen) atoms. The van der Waals surface area contributed by atoms with E-state index in [1.165, 1.54) is 0 Å². The van der Waals surface area contributed by atoms with E-state index in [4.69, 9.17) is 4.42 Å². The van der Waals surface area contributed by atoms with Crippen LogP contribution in [0.3, 0.4) is 0 Å². The molecule has 0 aliphatic heterocycles. The van der Waals surface area contributed by atoms with E-state index in [1.54, 1.807) is 6.07 Å². The van der Waals surface area contributed by atoms with E-state index in [2.05, 4.69) is 18.2 Å². The molecule has 1 N–H and O–H groups in total. The molecule has 0 radical (unpaired) electrons. The van der Waals surface area contributed by atoms with E-state index in [0.29, 0.717) is 23.3 Å². The van der Waals surface area contributed by atoms with Gasteiger partial charge in [-0.05, 0) is 57.8 Å². The van der Waals surface area contributed by atoms with E-state index in [1.807, 2.05) is 115 Å². The molecule has 0 saturated heterocycles. The van der Waals surface area contributed by atoms with Gasteiger partial charge in [0.2, 0.25) is 0 Å². The second-order valence-corrected chi connectivity index (χ2v) is 10.4. The number of Topliss-reactive ketones (excluding diaryl/α,β-unsaturated/α-hetero) is 1. The maximum absolute atomic E-state index is 14.5. The first-order valence-electron chi connectivity index (χ1n) is 13.8. The Balaban J connectivity index is 1.54. The van der Waals surface area contributed by atoms with Crippen LogP contribution in [0.25, 0.3) is 43.8 Å². The van der Waals surface area contributed by atoms with Gasteiger partial charge in [-0.25, -0.2) is 4.42 Å². The highest BCUT2D eigenvalue weighted by Gasteiger charge is 2.31. The number of rotatable bonds is 6. The van der Waals surface area contributed by atoms with Crippen LogP contribution in [0.15, 0.2) is 144 Å². The van der Waals surface area contributed by atoms with Crippen LogP contribution in [-0.2, 0) is 6.42 Å². The molecule has 1 aromatic heterocycles. The van der Waals surface area contributed by atoms with Crippen molar-refractivity contribution in [1.29, 1.82) is 0 Å². The molecule has 7 aromatic rings. The quantitative estimate of drug-likeness (QED) is 0.132. The van der Waals surface area contributed by atoms with Crippen LogP contribution in [0, 0.1) is 0 Å². The molecule has 7 rings (SSSR count). The molecular weight excluding hydrogens is 504 g/mol. The van der Waals surface area contributed by atoms with Crippen LogP contribution in [0.1, 0.15) is 27.4 Å². The van der Waals surface area contributed by atoms with E-state index < -0.39 is 5.92 Å². The van der Waals surface area contributed by atoms with Crippen molar-refractivity contribution in [2.24, 2.45) is 0 Å². The largest absolute Gasteiger partial charge is 0.508 e. The van der Waals surface area contributed by atoms with Crippen LogP contribution >= 0.6 is 0 Å². The number of phenols is 1. The molecule has 0 fully saturated rings. The predicted molar refractivity (Wildman–Crippen MR) is 166 cm³/mol. The van der Waals surface area contributed by atoms with Crippen molar-refractivity contribution in [2.75, 3.05) is 0 Å². The Morgan fingerprint density at radius 3 is 2.02 bits per heavy atom. The number of phenolic OH excluding ortho intramolecular Hbond substituents is 1. The Bertz CT molecular complexity index is 2050. The van der Waals surface area contributed by atoms with Crippen molar-refractivity contribution in [3.63, 3.8) is 0 Å². The zero-order valence-electron chi connectivity index (χ0n) is 22.3. The fourth-order valence-corrected chi connectivity index (χ4v) is 5.91. The summed E-state index contributed by atoms with van der Waals surface area (Å²) < 4.78 is 6.52. The van der Waals surface area contributed by atoms with Gasteiger partial charge in [-0.1, -0.05) is 103 Å². The molecular formula is C38H27O3+. The second-order valence-electron chi connectivity index (χ2n) is 10.4. The number of fused-ring (bicyclic) bond motifs is 4. The lowest BCUT2D eigenvalue weighted by Crippen LogP contribution is -2.17. The van der Waals surface area contributed by atoms with Crippen LogP contribution in [0.4, 0.5) is 0 Å². The number of carbonyl (C=O) groups is 1. The summed E-state index contributed by atoms with van der Waals surface area (Å²) >= 11 is 0. The van der Waals surface area contributed by atoms with Crippen LogP contribution < -0.4 is 0 Å². The average Bonchev–Trinajstić information content (AvgIpc) is 3.04. The van der Waals surface area contributed by atoms with Crippen LogP contribution in [0.5, 0.6) is 5.75 Å². The van der Waals surface area contributed by atoms with Crippen molar-refractivity contribution in [3.05, 3.63) is 156 Å². The normalized spacial score (nSPS) is 12.1. The lowest BCUT2D eigenvalue weighted by Gasteiger charge is -2.20. The lowest BCUT2D eigenvalue weighted by atomic mass is 9.81.